The van der Waals surface area contributed by atoms with Crippen LogP contribution in [0.15, 0.2) is 77.5 Å². The fourth-order valence-corrected chi connectivity index (χ4v) is 2.45. The van der Waals surface area contributed by atoms with Gasteiger partial charge in [0.1, 0.15) is 6.26 Å². The van der Waals surface area contributed by atoms with Gasteiger partial charge in [-0.05, 0) is 12.1 Å². The number of oxazole rings is 1. The highest BCUT2D eigenvalue weighted by molar-refractivity contribution is 5.89. The first kappa shape index (κ1) is 11.9. The Morgan fingerprint density at radius 2 is 1.67 bits per heavy atom. The Hall–Kier alpha value is -2.94. The number of nitrogens with zero attached hydrogens (tertiary/aromatic N) is 2. The van der Waals surface area contributed by atoms with Crippen LogP contribution >= 0.6 is 0 Å². The molecule has 0 N–H and O–H groups in total. The lowest BCUT2D eigenvalue weighted by atomic mass is 10.0. The average Bonchev–Trinajstić information content (AvgIpc) is 3.09. The normalized spacial score (nSPS) is 10.9. The Kier molecular flexibility index (Phi) is 2.75. The van der Waals surface area contributed by atoms with Crippen LogP contribution in [0.3, 0.4) is 0 Å². The van der Waals surface area contributed by atoms with E-state index in [0.717, 1.165) is 27.7 Å². The summed E-state index contributed by atoms with van der Waals surface area (Å²) < 4.78 is 5.48. The summed E-state index contributed by atoms with van der Waals surface area (Å²) in [6.45, 7) is 0. The standard InChI is InChI=1S/C18H12N2O/c1-2-6-13(7-3-1)17-15(18-19-10-11-21-18)12-14-8-4-5-9-16(14)20-17/h1-12H. The van der Waals surface area contributed by atoms with Gasteiger partial charge in [0.25, 0.3) is 0 Å². The highest BCUT2D eigenvalue weighted by atomic mass is 16.3. The zero-order valence-corrected chi connectivity index (χ0v) is 11.2. The van der Waals surface area contributed by atoms with E-state index >= 15 is 0 Å². The number of hydrogen-bond donors (Lipinski definition) is 0. The fourth-order valence-electron chi connectivity index (χ4n) is 2.45. The molecule has 0 aliphatic rings. The van der Waals surface area contributed by atoms with Crippen LogP contribution in [0.5, 0.6) is 0 Å². The number of benzene rings is 2. The zero-order chi connectivity index (χ0) is 14.1. The maximum Gasteiger partial charge on any atom is 0.228 e. The lowest BCUT2D eigenvalue weighted by Gasteiger charge is -2.08. The maximum absolute atomic E-state index is 5.48. The number of para-hydroxylation sites is 1. The van der Waals surface area contributed by atoms with Gasteiger partial charge in [-0.3, -0.25) is 0 Å². The maximum atomic E-state index is 5.48. The van der Waals surface area contributed by atoms with Crippen molar-refractivity contribution in [2.45, 2.75) is 0 Å². The second kappa shape index (κ2) is 4.87. The lowest BCUT2D eigenvalue weighted by molar-refractivity contribution is 0.574. The molecule has 0 fully saturated rings. The minimum absolute atomic E-state index is 0.590. The molecule has 3 heteroatoms. The van der Waals surface area contributed by atoms with Crippen molar-refractivity contribution in [3.05, 3.63) is 73.1 Å². The van der Waals surface area contributed by atoms with Crippen molar-refractivity contribution in [2.24, 2.45) is 0 Å². The molecule has 2 aromatic heterocycles. The second-order valence-electron chi connectivity index (χ2n) is 4.78. The van der Waals surface area contributed by atoms with Crippen molar-refractivity contribution in [3.8, 4) is 22.7 Å². The highest BCUT2D eigenvalue weighted by Crippen LogP contribution is 2.32. The van der Waals surface area contributed by atoms with Crippen LogP contribution in [0.1, 0.15) is 0 Å². The number of rotatable bonds is 2. The van der Waals surface area contributed by atoms with Crippen molar-refractivity contribution < 1.29 is 4.42 Å². The summed E-state index contributed by atoms with van der Waals surface area (Å²) in [7, 11) is 0. The monoisotopic (exact) mass is 272 g/mol. The number of fused-ring (bicyclic) bond motifs is 1. The smallest absolute Gasteiger partial charge is 0.228 e. The Morgan fingerprint density at radius 1 is 0.857 bits per heavy atom. The second-order valence-corrected chi connectivity index (χ2v) is 4.78. The number of pyridine rings is 1. The van der Waals surface area contributed by atoms with E-state index in [0.29, 0.717) is 5.89 Å². The predicted molar refractivity (Wildman–Crippen MR) is 82.7 cm³/mol. The van der Waals surface area contributed by atoms with Crippen LogP contribution in [0, 0.1) is 0 Å². The minimum Gasteiger partial charge on any atom is -0.444 e. The third-order valence-corrected chi connectivity index (χ3v) is 3.43. The lowest BCUT2D eigenvalue weighted by Crippen LogP contribution is -1.91. The largest absolute Gasteiger partial charge is 0.444 e. The predicted octanol–water partition coefficient (Wildman–Crippen LogP) is 4.56. The quantitative estimate of drug-likeness (QED) is 0.537. The summed E-state index contributed by atoms with van der Waals surface area (Å²) in [5.74, 6) is 0.590. The molecule has 0 amide bonds. The van der Waals surface area contributed by atoms with E-state index in [1.54, 1.807) is 12.5 Å². The van der Waals surface area contributed by atoms with E-state index in [1.165, 1.54) is 0 Å². The molecule has 21 heavy (non-hydrogen) atoms. The van der Waals surface area contributed by atoms with Crippen molar-refractivity contribution in [3.63, 3.8) is 0 Å². The van der Waals surface area contributed by atoms with Crippen molar-refractivity contribution in [1.29, 1.82) is 0 Å². The zero-order valence-electron chi connectivity index (χ0n) is 11.2. The Balaban J connectivity index is 2.05. The SMILES string of the molecule is c1ccc(-c2nc3ccccc3cc2-c2ncco2)cc1. The first-order valence-electron chi connectivity index (χ1n) is 6.77. The molecule has 2 heterocycles. The molecule has 0 saturated heterocycles. The van der Waals surface area contributed by atoms with E-state index < -0.39 is 0 Å². The van der Waals surface area contributed by atoms with Crippen molar-refractivity contribution in [1.82, 2.24) is 9.97 Å². The van der Waals surface area contributed by atoms with Gasteiger partial charge in [0.15, 0.2) is 0 Å². The summed E-state index contributed by atoms with van der Waals surface area (Å²) in [4.78, 5) is 9.07. The first-order chi connectivity index (χ1) is 10.4. The average molecular weight is 272 g/mol. The van der Waals surface area contributed by atoms with Crippen LogP contribution in [-0.4, -0.2) is 9.97 Å². The molecular formula is C18H12N2O. The summed E-state index contributed by atoms with van der Waals surface area (Å²) >= 11 is 0. The molecule has 0 saturated carbocycles. The summed E-state index contributed by atoms with van der Waals surface area (Å²) in [5, 5.41) is 1.07. The van der Waals surface area contributed by atoms with E-state index in [2.05, 4.69) is 11.1 Å². The van der Waals surface area contributed by atoms with E-state index in [9.17, 15) is 0 Å². The molecular weight excluding hydrogens is 260 g/mol. The Morgan fingerprint density at radius 3 is 2.48 bits per heavy atom. The van der Waals surface area contributed by atoms with Gasteiger partial charge < -0.3 is 4.42 Å². The third-order valence-electron chi connectivity index (χ3n) is 3.43. The Labute approximate surface area is 121 Å². The first-order valence-corrected chi connectivity index (χ1v) is 6.77. The van der Waals surface area contributed by atoms with E-state index in [4.69, 9.17) is 9.40 Å². The van der Waals surface area contributed by atoms with E-state index in [-0.39, 0.29) is 0 Å². The minimum atomic E-state index is 0.590. The third kappa shape index (κ3) is 2.09. The van der Waals surface area contributed by atoms with Gasteiger partial charge in [-0.15, -0.1) is 0 Å². The molecule has 0 aliphatic carbocycles. The van der Waals surface area contributed by atoms with Gasteiger partial charge in [-0.1, -0.05) is 48.5 Å². The molecule has 0 atom stereocenters. The molecule has 4 aromatic rings. The van der Waals surface area contributed by atoms with Crippen LogP contribution in [0.2, 0.25) is 0 Å². The van der Waals surface area contributed by atoms with Gasteiger partial charge in [-0.25, -0.2) is 9.97 Å². The summed E-state index contributed by atoms with van der Waals surface area (Å²) in [6.07, 6.45) is 3.23. The van der Waals surface area contributed by atoms with Crippen LogP contribution in [-0.2, 0) is 0 Å². The van der Waals surface area contributed by atoms with Gasteiger partial charge in [-0.2, -0.15) is 0 Å². The van der Waals surface area contributed by atoms with Crippen LogP contribution in [0.25, 0.3) is 33.6 Å². The van der Waals surface area contributed by atoms with Gasteiger partial charge in [0.05, 0.1) is 23.0 Å². The molecule has 100 valence electrons. The fraction of sp³-hybridized carbons (Fsp3) is 0. The molecule has 0 unspecified atom stereocenters. The number of aromatic nitrogens is 2. The molecule has 2 aromatic carbocycles. The van der Waals surface area contributed by atoms with Crippen molar-refractivity contribution >= 4 is 10.9 Å². The molecule has 0 bridgehead atoms. The molecule has 4 rings (SSSR count). The summed E-state index contributed by atoms with van der Waals surface area (Å²) in [5.41, 5.74) is 3.81. The van der Waals surface area contributed by atoms with Crippen LogP contribution < -0.4 is 0 Å². The van der Waals surface area contributed by atoms with Gasteiger partial charge in [0.2, 0.25) is 5.89 Å². The van der Waals surface area contributed by atoms with Crippen molar-refractivity contribution in [2.75, 3.05) is 0 Å². The topological polar surface area (TPSA) is 38.9 Å². The van der Waals surface area contributed by atoms with Crippen LogP contribution in [0.4, 0.5) is 0 Å². The number of hydrogen-bond acceptors (Lipinski definition) is 3. The molecule has 3 nitrogen and oxygen atoms in total. The molecule has 0 radical (unpaired) electrons. The highest BCUT2D eigenvalue weighted by Gasteiger charge is 2.13. The molecule has 0 aliphatic heterocycles. The summed E-state index contributed by atoms with van der Waals surface area (Å²) in [6, 6.07) is 20.2. The van der Waals surface area contributed by atoms with Gasteiger partial charge in [0, 0.05) is 10.9 Å². The van der Waals surface area contributed by atoms with Gasteiger partial charge >= 0.3 is 0 Å². The van der Waals surface area contributed by atoms with E-state index in [1.807, 2.05) is 54.6 Å². The Bertz CT molecular complexity index is 884. The molecule has 0 spiro atoms.